The van der Waals surface area contributed by atoms with Gasteiger partial charge in [0.05, 0.1) is 6.54 Å². The number of hydrogen-bond donors (Lipinski definition) is 1. The van der Waals surface area contributed by atoms with Crippen LogP contribution < -0.4 is 4.74 Å². The monoisotopic (exact) mass is 322 g/mol. The number of piperidine rings is 1. The van der Waals surface area contributed by atoms with Crippen LogP contribution in [0.4, 0.5) is 4.39 Å². The van der Waals surface area contributed by atoms with Crippen LogP contribution in [0.1, 0.15) is 18.4 Å². The van der Waals surface area contributed by atoms with Crippen molar-refractivity contribution in [3.8, 4) is 5.75 Å². The van der Waals surface area contributed by atoms with E-state index >= 15 is 0 Å². The molecule has 0 radical (unpaired) electrons. The first-order chi connectivity index (χ1) is 10.5. The van der Waals surface area contributed by atoms with Crippen molar-refractivity contribution >= 4 is 11.3 Å². The first-order valence-corrected chi connectivity index (χ1v) is 8.16. The van der Waals surface area contributed by atoms with Gasteiger partial charge in [-0.25, -0.2) is 9.37 Å². The van der Waals surface area contributed by atoms with E-state index in [4.69, 9.17) is 4.74 Å². The molecule has 1 aliphatic heterocycles. The maximum absolute atomic E-state index is 13.2. The normalized spacial score (nSPS) is 26.0. The van der Waals surface area contributed by atoms with E-state index in [0.717, 1.165) is 18.1 Å². The highest BCUT2D eigenvalue weighted by atomic mass is 32.1. The Bertz CT molecular complexity index is 618. The number of ether oxygens (including phenoxy) is 1. The molecule has 0 spiro atoms. The summed E-state index contributed by atoms with van der Waals surface area (Å²) in [5.41, 5.74) is -0.984. The van der Waals surface area contributed by atoms with Crippen LogP contribution in [0, 0.1) is 5.82 Å². The molecule has 1 aliphatic rings. The number of β-amino-alcohol motifs (C(OH)–C–C–N with tert-alkyl or cyclic N) is 1. The lowest BCUT2D eigenvalue weighted by Gasteiger charge is -2.42. The van der Waals surface area contributed by atoms with Crippen molar-refractivity contribution in [2.75, 3.05) is 13.1 Å². The third kappa shape index (κ3) is 3.63. The topological polar surface area (TPSA) is 45.6 Å². The number of aromatic nitrogens is 1. The molecule has 2 atom stereocenters. The van der Waals surface area contributed by atoms with Crippen LogP contribution >= 0.6 is 11.3 Å². The van der Waals surface area contributed by atoms with Crippen LogP contribution in [-0.2, 0) is 6.54 Å². The van der Waals surface area contributed by atoms with Gasteiger partial charge in [-0.3, -0.25) is 4.90 Å². The second kappa shape index (κ2) is 6.32. The highest BCUT2D eigenvalue weighted by Gasteiger charge is 2.39. The molecule has 1 aromatic heterocycles. The molecule has 2 aromatic rings. The molecule has 6 heteroatoms. The zero-order chi connectivity index (χ0) is 15.6. The van der Waals surface area contributed by atoms with Crippen molar-refractivity contribution in [3.63, 3.8) is 0 Å². The van der Waals surface area contributed by atoms with Gasteiger partial charge in [0.1, 0.15) is 28.3 Å². The summed E-state index contributed by atoms with van der Waals surface area (Å²) >= 11 is 1.61. The Hall–Kier alpha value is -1.50. The molecule has 22 heavy (non-hydrogen) atoms. The zero-order valence-electron chi connectivity index (χ0n) is 12.4. The Labute approximate surface area is 133 Å². The lowest BCUT2D eigenvalue weighted by molar-refractivity contribution is -0.0993. The molecule has 0 bridgehead atoms. The van der Waals surface area contributed by atoms with E-state index in [1.807, 2.05) is 5.38 Å². The van der Waals surface area contributed by atoms with Gasteiger partial charge in [-0.05, 0) is 25.5 Å². The first kappa shape index (κ1) is 15.4. The molecule has 0 unspecified atom stereocenters. The largest absolute Gasteiger partial charge is 0.487 e. The number of benzene rings is 1. The minimum Gasteiger partial charge on any atom is -0.487 e. The fraction of sp³-hybridized carbons (Fsp3) is 0.438. The predicted octanol–water partition coefficient (Wildman–Crippen LogP) is 2.69. The van der Waals surface area contributed by atoms with Crippen molar-refractivity contribution in [2.24, 2.45) is 0 Å². The van der Waals surface area contributed by atoms with Gasteiger partial charge in [-0.1, -0.05) is 6.07 Å². The summed E-state index contributed by atoms with van der Waals surface area (Å²) in [5, 5.41) is 13.7. The third-order valence-electron chi connectivity index (χ3n) is 3.86. The minimum absolute atomic E-state index is 0.335. The minimum atomic E-state index is -0.984. The molecule has 0 saturated carbocycles. The maximum Gasteiger partial charge on any atom is 0.129 e. The van der Waals surface area contributed by atoms with E-state index in [1.54, 1.807) is 36.6 Å². The predicted molar refractivity (Wildman–Crippen MR) is 83.4 cm³/mol. The summed E-state index contributed by atoms with van der Waals surface area (Å²) in [6, 6.07) is 6.04. The van der Waals surface area contributed by atoms with Gasteiger partial charge in [0.25, 0.3) is 0 Å². The zero-order valence-corrected chi connectivity index (χ0v) is 13.2. The van der Waals surface area contributed by atoms with E-state index in [-0.39, 0.29) is 11.9 Å². The summed E-state index contributed by atoms with van der Waals surface area (Å²) in [6.45, 7) is 3.83. The molecule has 0 amide bonds. The Morgan fingerprint density at radius 3 is 3.09 bits per heavy atom. The second-order valence-electron chi connectivity index (χ2n) is 5.85. The molecule has 2 heterocycles. The average Bonchev–Trinajstić information content (AvgIpc) is 2.94. The van der Waals surface area contributed by atoms with E-state index < -0.39 is 5.60 Å². The third-order valence-corrected chi connectivity index (χ3v) is 4.63. The number of likely N-dealkylation sites (tertiary alicyclic amines) is 1. The fourth-order valence-corrected chi connectivity index (χ4v) is 3.45. The van der Waals surface area contributed by atoms with Crippen LogP contribution in [0.15, 0.2) is 35.8 Å². The van der Waals surface area contributed by atoms with Crippen LogP contribution in [0.3, 0.4) is 0 Å². The average molecular weight is 322 g/mol. The highest BCUT2D eigenvalue weighted by Crippen LogP contribution is 2.27. The van der Waals surface area contributed by atoms with Gasteiger partial charge in [0, 0.05) is 30.7 Å². The summed E-state index contributed by atoms with van der Waals surface area (Å²) in [7, 11) is 0. The number of nitrogens with zero attached hydrogens (tertiary/aromatic N) is 2. The van der Waals surface area contributed by atoms with Crippen LogP contribution in [0.2, 0.25) is 0 Å². The van der Waals surface area contributed by atoms with Gasteiger partial charge >= 0.3 is 0 Å². The smallest absolute Gasteiger partial charge is 0.129 e. The highest BCUT2D eigenvalue weighted by molar-refractivity contribution is 7.09. The van der Waals surface area contributed by atoms with Crippen LogP contribution in [-0.4, -0.2) is 39.8 Å². The standard InChI is InChI=1S/C16H19FN2O2S/c1-16(20)11-19(10-15-18-6-8-22-15)7-5-14(16)21-13-4-2-3-12(17)9-13/h2-4,6,8-9,14,20H,5,7,10-11H2,1H3/t14-,16-/m0/s1. The van der Waals surface area contributed by atoms with Crippen LogP contribution in [0.25, 0.3) is 0 Å². The number of halogens is 1. The molecule has 4 nitrogen and oxygen atoms in total. The van der Waals surface area contributed by atoms with Gasteiger partial charge in [0.2, 0.25) is 0 Å². The van der Waals surface area contributed by atoms with Gasteiger partial charge in [-0.15, -0.1) is 11.3 Å². The molecule has 118 valence electrons. The van der Waals surface area contributed by atoms with E-state index in [0.29, 0.717) is 18.7 Å². The molecule has 1 fully saturated rings. The van der Waals surface area contributed by atoms with Crippen molar-refractivity contribution in [2.45, 2.75) is 31.6 Å². The van der Waals surface area contributed by atoms with E-state index in [2.05, 4.69) is 9.88 Å². The first-order valence-electron chi connectivity index (χ1n) is 7.28. The number of rotatable bonds is 4. The van der Waals surface area contributed by atoms with E-state index in [1.165, 1.54) is 12.1 Å². The van der Waals surface area contributed by atoms with Gasteiger partial charge in [0.15, 0.2) is 0 Å². The molecular weight excluding hydrogens is 303 g/mol. The quantitative estimate of drug-likeness (QED) is 0.940. The Morgan fingerprint density at radius 1 is 1.55 bits per heavy atom. The Morgan fingerprint density at radius 2 is 2.41 bits per heavy atom. The summed E-state index contributed by atoms with van der Waals surface area (Å²) in [4.78, 5) is 6.45. The van der Waals surface area contributed by atoms with Crippen molar-refractivity contribution in [1.82, 2.24) is 9.88 Å². The summed E-state index contributed by atoms with van der Waals surface area (Å²) in [6.07, 6.45) is 2.13. The Balaban J connectivity index is 1.63. The fourth-order valence-electron chi connectivity index (χ4n) is 2.79. The Kier molecular flexibility index (Phi) is 4.42. The molecule has 1 saturated heterocycles. The second-order valence-corrected chi connectivity index (χ2v) is 6.83. The lowest BCUT2D eigenvalue weighted by atomic mass is 9.91. The number of thiazole rings is 1. The molecule has 3 rings (SSSR count). The van der Waals surface area contributed by atoms with Crippen molar-refractivity contribution in [3.05, 3.63) is 46.7 Å². The summed E-state index contributed by atoms with van der Waals surface area (Å²) in [5.74, 6) is 0.122. The maximum atomic E-state index is 13.2. The van der Waals surface area contributed by atoms with Crippen molar-refractivity contribution < 1.29 is 14.2 Å². The number of hydrogen-bond acceptors (Lipinski definition) is 5. The van der Waals surface area contributed by atoms with Crippen molar-refractivity contribution in [1.29, 1.82) is 0 Å². The van der Waals surface area contributed by atoms with Gasteiger partial charge in [-0.2, -0.15) is 0 Å². The molecular formula is C16H19FN2O2S. The van der Waals surface area contributed by atoms with Crippen LogP contribution in [0.5, 0.6) is 5.75 Å². The molecule has 1 N–H and O–H groups in total. The van der Waals surface area contributed by atoms with E-state index in [9.17, 15) is 9.50 Å². The summed E-state index contributed by atoms with van der Waals surface area (Å²) < 4.78 is 19.0. The molecule has 0 aliphatic carbocycles. The lowest BCUT2D eigenvalue weighted by Crippen LogP contribution is -2.56. The SMILES string of the molecule is C[C@]1(O)CN(Cc2nccs2)CC[C@@H]1Oc1cccc(F)c1. The molecule has 1 aromatic carbocycles. The van der Waals surface area contributed by atoms with Gasteiger partial charge < -0.3 is 9.84 Å². The number of aliphatic hydroxyl groups is 1.